The summed E-state index contributed by atoms with van der Waals surface area (Å²) in [5.74, 6) is 0.175. The van der Waals surface area contributed by atoms with E-state index in [2.05, 4.69) is 10.0 Å². The Morgan fingerprint density at radius 2 is 1.67 bits per heavy atom. The second-order valence-electron chi connectivity index (χ2n) is 6.75. The zero-order chi connectivity index (χ0) is 21.9. The molecule has 0 aliphatic rings. The molecule has 3 aromatic carbocycles. The van der Waals surface area contributed by atoms with Gasteiger partial charge in [0, 0.05) is 5.69 Å². The van der Waals surface area contributed by atoms with Crippen LogP contribution in [0.2, 0.25) is 5.02 Å². The molecule has 0 aliphatic carbocycles. The van der Waals surface area contributed by atoms with Gasteiger partial charge in [0.25, 0.3) is 15.9 Å². The van der Waals surface area contributed by atoms with Crippen molar-refractivity contribution in [3.05, 3.63) is 82.4 Å². The second kappa shape index (κ2) is 8.77. The molecule has 156 valence electrons. The zero-order valence-electron chi connectivity index (χ0n) is 16.7. The van der Waals surface area contributed by atoms with Crippen LogP contribution in [0.5, 0.6) is 5.75 Å². The summed E-state index contributed by atoms with van der Waals surface area (Å²) in [7, 11) is -2.31. The Labute approximate surface area is 180 Å². The van der Waals surface area contributed by atoms with Gasteiger partial charge in [-0.1, -0.05) is 23.7 Å². The van der Waals surface area contributed by atoms with Crippen molar-refractivity contribution < 1.29 is 17.9 Å². The fraction of sp³-hybridized carbons (Fsp3) is 0.136. The van der Waals surface area contributed by atoms with E-state index >= 15 is 0 Å². The lowest BCUT2D eigenvalue weighted by Crippen LogP contribution is -2.15. The summed E-state index contributed by atoms with van der Waals surface area (Å²) in [5, 5.41) is 2.97. The van der Waals surface area contributed by atoms with Crippen molar-refractivity contribution in [2.45, 2.75) is 18.7 Å². The number of rotatable bonds is 6. The van der Waals surface area contributed by atoms with Gasteiger partial charge in [0.2, 0.25) is 0 Å². The second-order valence-corrected chi connectivity index (χ2v) is 8.84. The summed E-state index contributed by atoms with van der Waals surface area (Å²) in [6.45, 7) is 3.83. The van der Waals surface area contributed by atoms with E-state index in [-0.39, 0.29) is 27.1 Å². The summed E-state index contributed by atoms with van der Waals surface area (Å²) in [4.78, 5) is 12.7. The Bertz CT molecular complexity index is 1190. The van der Waals surface area contributed by atoms with Gasteiger partial charge < -0.3 is 10.1 Å². The number of hydrogen-bond donors (Lipinski definition) is 2. The molecular formula is C22H21ClN2O4S. The smallest absolute Gasteiger partial charge is 0.261 e. The normalized spacial score (nSPS) is 11.1. The van der Waals surface area contributed by atoms with E-state index < -0.39 is 10.0 Å². The Kier molecular flexibility index (Phi) is 6.34. The van der Waals surface area contributed by atoms with Crippen LogP contribution in [0.4, 0.5) is 11.4 Å². The first-order valence-corrected chi connectivity index (χ1v) is 10.9. The van der Waals surface area contributed by atoms with Crippen LogP contribution >= 0.6 is 11.6 Å². The van der Waals surface area contributed by atoms with E-state index in [4.69, 9.17) is 16.3 Å². The van der Waals surface area contributed by atoms with Gasteiger partial charge in [-0.05, 0) is 73.5 Å². The van der Waals surface area contributed by atoms with E-state index in [0.717, 1.165) is 11.1 Å². The molecule has 8 heteroatoms. The average Bonchev–Trinajstić information content (AvgIpc) is 2.70. The maximum absolute atomic E-state index is 12.6. The highest BCUT2D eigenvalue weighted by Crippen LogP contribution is 2.26. The number of nitrogens with one attached hydrogen (secondary N) is 2. The van der Waals surface area contributed by atoms with E-state index in [9.17, 15) is 13.2 Å². The number of anilines is 2. The molecule has 1 amide bonds. The largest absolute Gasteiger partial charge is 0.497 e. The molecule has 2 N–H and O–H groups in total. The fourth-order valence-corrected chi connectivity index (χ4v) is 4.11. The van der Waals surface area contributed by atoms with Gasteiger partial charge in [-0.25, -0.2) is 8.42 Å². The third kappa shape index (κ3) is 4.93. The van der Waals surface area contributed by atoms with Crippen LogP contribution in [0, 0.1) is 13.8 Å². The molecule has 0 spiro atoms. The lowest BCUT2D eigenvalue weighted by molar-refractivity contribution is 0.102. The highest BCUT2D eigenvalue weighted by Gasteiger charge is 2.17. The highest BCUT2D eigenvalue weighted by atomic mass is 35.5. The third-order valence-electron chi connectivity index (χ3n) is 4.48. The number of amides is 1. The van der Waals surface area contributed by atoms with E-state index in [1.807, 2.05) is 32.0 Å². The summed E-state index contributed by atoms with van der Waals surface area (Å²) in [6.07, 6.45) is 0. The lowest BCUT2D eigenvalue weighted by Gasteiger charge is -2.12. The minimum Gasteiger partial charge on any atom is -0.497 e. The number of methoxy groups -OCH3 is 1. The Hall–Kier alpha value is -3.03. The molecule has 0 radical (unpaired) electrons. The molecule has 30 heavy (non-hydrogen) atoms. The van der Waals surface area contributed by atoms with E-state index in [0.29, 0.717) is 11.4 Å². The number of aryl methyl sites for hydroxylation is 2. The van der Waals surface area contributed by atoms with Gasteiger partial charge in [0.1, 0.15) is 5.75 Å². The Morgan fingerprint density at radius 3 is 2.30 bits per heavy atom. The number of hydrogen-bond acceptors (Lipinski definition) is 4. The monoisotopic (exact) mass is 444 g/mol. The van der Waals surface area contributed by atoms with Crippen molar-refractivity contribution >= 4 is 38.9 Å². The fourth-order valence-electron chi connectivity index (χ4n) is 2.79. The van der Waals surface area contributed by atoms with Gasteiger partial charge in [-0.15, -0.1) is 0 Å². The lowest BCUT2D eigenvalue weighted by atomic mass is 10.1. The molecule has 0 saturated heterocycles. The number of carbonyl (C=O) groups excluding carboxylic acids is 1. The van der Waals surface area contributed by atoms with Crippen molar-refractivity contribution in [3.63, 3.8) is 0 Å². The van der Waals surface area contributed by atoms with Gasteiger partial charge >= 0.3 is 0 Å². The maximum atomic E-state index is 12.6. The summed E-state index contributed by atoms with van der Waals surface area (Å²) in [5.41, 5.74) is 3.13. The van der Waals surface area contributed by atoms with E-state index in [1.54, 1.807) is 12.1 Å². The summed E-state index contributed by atoms with van der Waals surface area (Å²) in [6, 6.07) is 16.1. The molecule has 3 rings (SSSR count). The third-order valence-corrected chi connectivity index (χ3v) is 6.19. The van der Waals surface area contributed by atoms with Gasteiger partial charge in [0.15, 0.2) is 0 Å². The molecular weight excluding hydrogens is 424 g/mol. The predicted molar refractivity (Wildman–Crippen MR) is 119 cm³/mol. The molecule has 0 fully saturated rings. The summed E-state index contributed by atoms with van der Waals surface area (Å²) >= 11 is 6.26. The first kappa shape index (κ1) is 21.7. The number of ether oxygens (including phenoxy) is 1. The topological polar surface area (TPSA) is 84.5 Å². The molecule has 0 atom stereocenters. The van der Waals surface area contributed by atoms with Crippen LogP contribution in [-0.2, 0) is 10.0 Å². The molecule has 0 heterocycles. The van der Waals surface area contributed by atoms with Crippen LogP contribution in [0.15, 0.2) is 65.6 Å². The molecule has 6 nitrogen and oxygen atoms in total. The predicted octanol–water partition coefficient (Wildman–Crippen LogP) is 5.02. The van der Waals surface area contributed by atoms with Crippen LogP contribution in [-0.4, -0.2) is 21.4 Å². The number of halogens is 1. The van der Waals surface area contributed by atoms with E-state index in [1.165, 1.54) is 37.4 Å². The average molecular weight is 445 g/mol. The molecule has 0 bridgehead atoms. The Morgan fingerprint density at radius 1 is 0.967 bits per heavy atom. The van der Waals surface area contributed by atoms with Gasteiger partial charge in [-0.2, -0.15) is 0 Å². The minimum atomic E-state index is -3.81. The molecule has 0 unspecified atom stereocenters. The SMILES string of the molecule is COc1ccc(S(=O)(=O)Nc2ccc(C(=O)Nc3cc(C)ccc3C)c(Cl)c2)cc1. The van der Waals surface area contributed by atoms with Crippen LogP contribution in [0.3, 0.4) is 0 Å². The van der Waals surface area contributed by atoms with Crippen molar-refractivity contribution in [1.29, 1.82) is 0 Å². The summed E-state index contributed by atoms with van der Waals surface area (Å²) < 4.78 is 32.6. The van der Waals surface area contributed by atoms with Crippen molar-refractivity contribution in [2.75, 3.05) is 17.1 Å². The number of carbonyl (C=O) groups is 1. The standard InChI is InChI=1S/C22H21ClN2O4S/c1-14-4-5-15(2)21(12-14)24-22(26)19-11-6-16(13-20(19)23)25-30(27,28)18-9-7-17(29-3)8-10-18/h4-13,25H,1-3H3,(H,24,26). The maximum Gasteiger partial charge on any atom is 0.261 e. The first-order chi connectivity index (χ1) is 14.2. The van der Waals surface area contributed by atoms with Crippen LogP contribution in [0.25, 0.3) is 0 Å². The zero-order valence-corrected chi connectivity index (χ0v) is 18.3. The number of sulfonamides is 1. The first-order valence-electron chi connectivity index (χ1n) is 9.04. The van der Waals surface area contributed by atoms with Crippen LogP contribution < -0.4 is 14.8 Å². The van der Waals surface area contributed by atoms with Crippen molar-refractivity contribution in [3.8, 4) is 5.75 Å². The number of benzene rings is 3. The van der Waals surface area contributed by atoms with Gasteiger partial charge in [-0.3, -0.25) is 9.52 Å². The quantitative estimate of drug-likeness (QED) is 0.559. The highest BCUT2D eigenvalue weighted by molar-refractivity contribution is 7.92. The Balaban J connectivity index is 1.78. The molecule has 0 saturated carbocycles. The molecule has 0 aliphatic heterocycles. The minimum absolute atomic E-state index is 0.0798. The molecule has 0 aromatic heterocycles. The van der Waals surface area contributed by atoms with Crippen LogP contribution in [0.1, 0.15) is 21.5 Å². The van der Waals surface area contributed by atoms with Crippen molar-refractivity contribution in [2.24, 2.45) is 0 Å². The molecule has 3 aromatic rings. The van der Waals surface area contributed by atoms with Gasteiger partial charge in [0.05, 0.1) is 28.3 Å². The van der Waals surface area contributed by atoms with Crippen molar-refractivity contribution in [1.82, 2.24) is 0 Å².